The first-order valence-corrected chi connectivity index (χ1v) is 11.3. The average Bonchev–Trinajstić information content (AvgIpc) is 3.07. The number of hydrogen-bond acceptors (Lipinski definition) is 3. The van der Waals surface area contributed by atoms with Crippen molar-refractivity contribution in [1.82, 2.24) is 4.57 Å². The van der Waals surface area contributed by atoms with Gasteiger partial charge in [0, 0.05) is 23.7 Å². The van der Waals surface area contributed by atoms with E-state index in [0.717, 1.165) is 0 Å². The van der Waals surface area contributed by atoms with E-state index < -0.39 is 34.2 Å². The minimum Gasteiger partial charge on any atom is -0.479 e. The van der Waals surface area contributed by atoms with Gasteiger partial charge in [0.1, 0.15) is 5.82 Å². The Morgan fingerprint density at radius 3 is 2.17 bits per heavy atom. The second kappa shape index (κ2) is 7.95. The molecule has 2 heterocycles. The highest BCUT2D eigenvalue weighted by Crippen LogP contribution is 2.51. The molecule has 0 fully saturated rings. The molecule has 172 valence electrons. The van der Waals surface area contributed by atoms with Crippen LogP contribution >= 0.6 is 0 Å². The van der Waals surface area contributed by atoms with Crippen LogP contribution in [0.2, 0.25) is 0 Å². The van der Waals surface area contributed by atoms with Crippen molar-refractivity contribution in [2.45, 2.75) is 57.0 Å². The molecule has 1 aliphatic heterocycles. The van der Waals surface area contributed by atoms with Gasteiger partial charge < -0.3 is 19.3 Å². The van der Waals surface area contributed by atoms with Crippen LogP contribution in [-0.4, -0.2) is 65.0 Å². The number of aromatic nitrogens is 1. The summed E-state index contributed by atoms with van der Waals surface area (Å²) in [6.07, 6.45) is -1.33. The Morgan fingerprint density at radius 2 is 1.66 bits per heavy atom. The summed E-state index contributed by atoms with van der Waals surface area (Å²) in [5.74, 6) is -1.57. The molecule has 8 radical (unpaired) electrons. The first kappa shape index (κ1) is 25.5. The Kier molecular flexibility index (Phi) is 5.79. The zero-order chi connectivity index (χ0) is 26.2. The lowest BCUT2D eigenvalue weighted by molar-refractivity contribution is -0.160. The van der Waals surface area contributed by atoms with Gasteiger partial charge in [-0.2, -0.15) is 0 Å². The highest BCUT2D eigenvalue weighted by atomic mass is 19.1. The summed E-state index contributed by atoms with van der Waals surface area (Å²) in [6.45, 7) is 8.97. The number of carboxylic acid groups (broad SMARTS) is 1. The molecule has 10 heteroatoms. The number of carboxylic acids is 1. The summed E-state index contributed by atoms with van der Waals surface area (Å²) in [4.78, 5) is 14.2. The fraction of sp³-hybridized carbons (Fsp3) is 0.400. The lowest BCUT2D eigenvalue weighted by Crippen LogP contribution is -2.68. The van der Waals surface area contributed by atoms with Gasteiger partial charge in [-0.15, -0.1) is 0 Å². The van der Waals surface area contributed by atoms with E-state index in [9.17, 15) is 14.3 Å². The molecule has 0 amide bonds. The molecule has 0 saturated heterocycles. The maximum Gasteiger partial charge on any atom is 0.337 e. The summed E-state index contributed by atoms with van der Waals surface area (Å²) in [7, 11) is 27.7. The van der Waals surface area contributed by atoms with Crippen LogP contribution in [0, 0.1) is 19.7 Å². The van der Waals surface area contributed by atoms with Crippen LogP contribution in [0.4, 0.5) is 10.1 Å². The monoisotopic (exact) mass is 464 g/mol. The fourth-order valence-electron chi connectivity index (χ4n) is 5.06. The highest BCUT2D eigenvalue weighted by molar-refractivity contribution is 6.55. The predicted molar refractivity (Wildman–Crippen MR) is 140 cm³/mol. The normalized spacial score (nSPS) is 17.5. The number of carbonyl (C=O) groups is 1. The van der Waals surface area contributed by atoms with Crippen LogP contribution < -0.4 is 4.90 Å². The molecule has 1 N–H and O–H groups in total. The fourth-order valence-corrected chi connectivity index (χ4v) is 5.06. The number of aryl methyl sites for hydroxylation is 1. The smallest absolute Gasteiger partial charge is 0.337 e. The van der Waals surface area contributed by atoms with Gasteiger partial charge in [0.25, 0.3) is 0 Å². The zero-order valence-corrected chi connectivity index (χ0v) is 20.8. The number of likely N-dealkylation sites (N-methyl/N-ethyl adjacent to an activating group) is 1. The minimum absolute atomic E-state index is 0.408. The van der Waals surface area contributed by atoms with Crippen LogP contribution in [-0.2, 0) is 14.9 Å². The van der Waals surface area contributed by atoms with Gasteiger partial charge in [0.05, 0.1) is 48.2 Å². The number of nitrogens with zero attached hydrogens (tertiary/aromatic N) is 2. The standard InChI is InChI=1S/C25H25B4FN2O3/c1-12-11-16-18(14-7-9-15(30)10-8-14)17(21(22(33)34)35-23(3,4)5)13(2)19-20(16)32(12)25(28,29)24(26,27)31(19)6/h7-11,21H,1-6H3,(H,33,34)/t21-/m0/s1. The summed E-state index contributed by atoms with van der Waals surface area (Å²) >= 11 is 0. The summed E-state index contributed by atoms with van der Waals surface area (Å²) < 4.78 is 21.6. The Hall–Kier alpha value is -2.60. The molecule has 5 nitrogen and oxygen atoms in total. The second-order valence-corrected chi connectivity index (χ2v) is 10.3. The first-order chi connectivity index (χ1) is 16.0. The van der Waals surface area contributed by atoms with Crippen molar-refractivity contribution in [3.63, 3.8) is 0 Å². The van der Waals surface area contributed by atoms with Crippen molar-refractivity contribution >= 4 is 53.9 Å². The molecule has 3 aromatic rings. The third kappa shape index (κ3) is 3.72. The van der Waals surface area contributed by atoms with Crippen LogP contribution in [0.5, 0.6) is 0 Å². The molecule has 4 rings (SSSR count). The van der Waals surface area contributed by atoms with Gasteiger partial charge in [-0.3, -0.25) is 0 Å². The number of anilines is 1. The molecule has 1 atom stereocenters. The van der Waals surface area contributed by atoms with Gasteiger partial charge in [-0.05, 0) is 80.2 Å². The SMILES string of the molecule is [B]C1([B])N(C)c2c(C)c([C@H](OC(C)(C)C)C(=O)O)c(-c3ccc(F)cc3)c3cc(C)n(c23)C1([B])[B]. The Balaban J connectivity index is 2.24. The molecular weight excluding hydrogens is 439 g/mol. The van der Waals surface area contributed by atoms with Gasteiger partial charge in [0.2, 0.25) is 0 Å². The number of aliphatic carboxylic acids is 1. The average molecular weight is 464 g/mol. The zero-order valence-electron chi connectivity index (χ0n) is 20.8. The lowest BCUT2D eigenvalue weighted by Gasteiger charge is -2.57. The number of halogens is 1. The molecule has 1 aliphatic rings. The second-order valence-electron chi connectivity index (χ2n) is 10.3. The number of rotatable bonds is 4. The molecule has 0 spiro atoms. The van der Waals surface area contributed by atoms with Crippen LogP contribution in [0.3, 0.4) is 0 Å². The van der Waals surface area contributed by atoms with Gasteiger partial charge in [0.15, 0.2) is 6.10 Å². The Labute approximate surface area is 210 Å². The first-order valence-electron chi connectivity index (χ1n) is 11.3. The minimum atomic E-state index is -1.71. The van der Waals surface area contributed by atoms with E-state index in [2.05, 4.69) is 0 Å². The molecular formula is C25H25B4FN2O3. The van der Waals surface area contributed by atoms with E-state index >= 15 is 0 Å². The molecule has 2 aromatic carbocycles. The van der Waals surface area contributed by atoms with Crippen molar-refractivity contribution in [2.75, 3.05) is 11.9 Å². The van der Waals surface area contributed by atoms with Crippen molar-refractivity contribution < 1.29 is 19.0 Å². The largest absolute Gasteiger partial charge is 0.479 e. The molecule has 0 bridgehead atoms. The molecule has 1 aromatic heterocycles. The summed E-state index contributed by atoms with van der Waals surface area (Å²) in [5.41, 5.74) is 3.38. The van der Waals surface area contributed by atoms with Crippen molar-refractivity contribution in [3.05, 3.63) is 53.0 Å². The maximum absolute atomic E-state index is 13.8. The van der Waals surface area contributed by atoms with Crippen molar-refractivity contribution in [1.29, 1.82) is 0 Å². The van der Waals surface area contributed by atoms with E-state index in [1.54, 1.807) is 56.3 Å². The number of hydrogen-bond donors (Lipinski definition) is 1. The quantitative estimate of drug-likeness (QED) is 0.603. The third-order valence-corrected chi connectivity index (χ3v) is 6.70. The summed E-state index contributed by atoms with van der Waals surface area (Å²) in [5, 5.41) is 7.57. The van der Waals surface area contributed by atoms with E-state index in [4.69, 9.17) is 36.1 Å². The Morgan fingerprint density at radius 1 is 1.09 bits per heavy atom. The molecule has 0 unspecified atom stereocenters. The number of ether oxygens (including phenoxy) is 1. The summed E-state index contributed by atoms with van der Waals surface area (Å²) in [6, 6.07) is 7.74. The predicted octanol–water partition coefficient (Wildman–Crippen LogP) is 3.39. The van der Waals surface area contributed by atoms with E-state index in [1.807, 2.05) is 13.0 Å². The third-order valence-electron chi connectivity index (χ3n) is 6.70. The van der Waals surface area contributed by atoms with Crippen molar-refractivity contribution in [2.24, 2.45) is 0 Å². The van der Waals surface area contributed by atoms with Gasteiger partial charge in [-0.1, -0.05) is 12.1 Å². The Bertz CT molecular complexity index is 1340. The topological polar surface area (TPSA) is 54.7 Å². The lowest BCUT2D eigenvalue weighted by atomic mass is 9.36. The molecule has 0 aliphatic carbocycles. The molecule has 0 saturated carbocycles. The van der Waals surface area contributed by atoms with E-state index in [1.165, 1.54) is 12.1 Å². The highest BCUT2D eigenvalue weighted by Gasteiger charge is 2.47. The van der Waals surface area contributed by atoms with Crippen molar-refractivity contribution in [3.8, 4) is 11.1 Å². The van der Waals surface area contributed by atoms with Gasteiger partial charge in [-0.25, -0.2) is 9.18 Å². The van der Waals surface area contributed by atoms with Crippen LogP contribution in [0.1, 0.15) is 43.7 Å². The van der Waals surface area contributed by atoms with E-state index in [0.29, 0.717) is 44.5 Å². The maximum atomic E-state index is 13.8. The van der Waals surface area contributed by atoms with Crippen LogP contribution in [0.15, 0.2) is 30.3 Å². The van der Waals surface area contributed by atoms with E-state index in [-0.39, 0.29) is 0 Å². The van der Waals surface area contributed by atoms with Crippen LogP contribution in [0.25, 0.3) is 22.0 Å². The van der Waals surface area contributed by atoms with Gasteiger partial charge >= 0.3 is 5.97 Å². The molecule has 35 heavy (non-hydrogen) atoms. The number of benzene rings is 2.